The van der Waals surface area contributed by atoms with E-state index in [0.717, 1.165) is 16.9 Å². The van der Waals surface area contributed by atoms with Crippen LogP contribution >= 0.6 is 23.2 Å². The highest BCUT2D eigenvalue weighted by Crippen LogP contribution is 2.34. The van der Waals surface area contributed by atoms with Gasteiger partial charge >= 0.3 is 0 Å². The Morgan fingerprint density at radius 2 is 1.69 bits per heavy atom. The first-order valence-corrected chi connectivity index (χ1v) is 9.22. The Morgan fingerprint density at radius 3 is 2.27 bits per heavy atom. The lowest BCUT2D eigenvalue weighted by Gasteiger charge is -2.23. The van der Waals surface area contributed by atoms with Gasteiger partial charge in [-0.05, 0) is 41.3 Å². The third-order valence-electron chi connectivity index (χ3n) is 4.21. The number of hydrogen-bond donors (Lipinski definition) is 0. The molecule has 0 saturated heterocycles. The minimum atomic E-state index is -0.367. The molecule has 0 aliphatic carbocycles. The SMILES string of the molecule is CC(C)(C)c1ccc(OC(c2cccnc2)c2ccc(Cl)cc2Cl)cc1. The van der Waals surface area contributed by atoms with Gasteiger partial charge < -0.3 is 4.74 Å². The van der Waals surface area contributed by atoms with Gasteiger partial charge in [-0.3, -0.25) is 4.98 Å². The molecule has 0 N–H and O–H groups in total. The van der Waals surface area contributed by atoms with Gasteiger partial charge in [0.1, 0.15) is 5.75 Å². The maximum atomic E-state index is 6.44. The summed E-state index contributed by atoms with van der Waals surface area (Å²) in [6.45, 7) is 6.57. The molecular weight excluding hydrogens is 365 g/mol. The fraction of sp³-hybridized carbons (Fsp3) is 0.227. The maximum absolute atomic E-state index is 6.44. The molecule has 0 spiro atoms. The van der Waals surface area contributed by atoms with E-state index in [1.54, 1.807) is 18.5 Å². The van der Waals surface area contributed by atoms with Crippen LogP contribution in [0.4, 0.5) is 0 Å². The van der Waals surface area contributed by atoms with Gasteiger partial charge in [0.15, 0.2) is 6.10 Å². The Labute approximate surface area is 164 Å². The zero-order valence-corrected chi connectivity index (χ0v) is 16.6. The molecule has 1 atom stereocenters. The highest BCUT2D eigenvalue weighted by atomic mass is 35.5. The van der Waals surface area contributed by atoms with Gasteiger partial charge in [0, 0.05) is 33.6 Å². The Hall–Kier alpha value is -2.03. The van der Waals surface area contributed by atoms with Crippen LogP contribution in [0.1, 0.15) is 43.6 Å². The number of halogens is 2. The molecule has 26 heavy (non-hydrogen) atoms. The number of nitrogens with zero attached hydrogens (tertiary/aromatic N) is 1. The fourth-order valence-electron chi connectivity index (χ4n) is 2.73. The Balaban J connectivity index is 1.97. The summed E-state index contributed by atoms with van der Waals surface area (Å²) < 4.78 is 6.31. The van der Waals surface area contributed by atoms with Crippen molar-refractivity contribution < 1.29 is 4.74 Å². The molecule has 1 unspecified atom stereocenters. The first kappa shape index (κ1) is 18.8. The van der Waals surface area contributed by atoms with Gasteiger partial charge in [-0.1, -0.05) is 68.2 Å². The van der Waals surface area contributed by atoms with Gasteiger partial charge in [-0.15, -0.1) is 0 Å². The topological polar surface area (TPSA) is 22.1 Å². The van der Waals surface area contributed by atoms with Crippen LogP contribution in [0.5, 0.6) is 5.75 Å². The van der Waals surface area contributed by atoms with Gasteiger partial charge in [0.25, 0.3) is 0 Å². The average molecular weight is 386 g/mol. The molecule has 0 saturated carbocycles. The molecule has 0 bridgehead atoms. The molecule has 4 heteroatoms. The third-order valence-corrected chi connectivity index (χ3v) is 4.77. The van der Waals surface area contributed by atoms with Gasteiger partial charge in [-0.2, -0.15) is 0 Å². The Morgan fingerprint density at radius 1 is 0.962 bits per heavy atom. The molecule has 1 aromatic heterocycles. The number of hydrogen-bond acceptors (Lipinski definition) is 2. The van der Waals surface area contributed by atoms with Crippen molar-refractivity contribution in [1.82, 2.24) is 4.98 Å². The molecule has 3 aromatic rings. The minimum Gasteiger partial charge on any atom is -0.481 e. The number of pyridine rings is 1. The van der Waals surface area contributed by atoms with E-state index in [1.165, 1.54) is 5.56 Å². The standard InChI is InChI=1S/C22H21Cl2NO/c1-22(2,3)16-6-9-18(10-7-16)26-21(15-5-4-12-25-14-15)19-11-8-17(23)13-20(19)24/h4-14,21H,1-3H3. The first-order valence-electron chi connectivity index (χ1n) is 8.46. The smallest absolute Gasteiger partial charge is 0.152 e. The van der Waals surface area contributed by atoms with Crippen LogP contribution < -0.4 is 4.74 Å². The van der Waals surface area contributed by atoms with E-state index in [1.807, 2.05) is 36.4 Å². The lowest BCUT2D eigenvalue weighted by atomic mass is 9.87. The van der Waals surface area contributed by atoms with Crippen LogP contribution in [-0.2, 0) is 5.41 Å². The lowest BCUT2D eigenvalue weighted by molar-refractivity contribution is 0.247. The quantitative estimate of drug-likeness (QED) is 0.489. The molecule has 0 fully saturated rings. The van der Waals surface area contributed by atoms with Crippen molar-refractivity contribution in [2.24, 2.45) is 0 Å². The van der Waals surface area contributed by atoms with Gasteiger partial charge in [0.2, 0.25) is 0 Å². The van der Waals surface area contributed by atoms with Crippen molar-refractivity contribution in [1.29, 1.82) is 0 Å². The number of rotatable bonds is 4. The van der Waals surface area contributed by atoms with Crippen molar-refractivity contribution in [3.05, 3.63) is 93.7 Å². The summed E-state index contributed by atoms with van der Waals surface area (Å²) in [6.07, 6.45) is 3.16. The summed E-state index contributed by atoms with van der Waals surface area (Å²) in [6, 6.07) is 17.5. The Bertz CT molecular complexity index is 871. The predicted octanol–water partition coefficient (Wildman–Crippen LogP) is 6.85. The molecule has 2 aromatic carbocycles. The third kappa shape index (κ3) is 4.38. The predicted molar refractivity (Wildman–Crippen MR) is 108 cm³/mol. The molecular formula is C22H21Cl2NO. The zero-order valence-electron chi connectivity index (χ0n) is 15.0. The van der Waals surface area contributed by atoms with Crippen LogP contribution in [0.2, 0.25) is 10.0 Å². The van der Waals surface area contributed by atoms with Crippen molar-refractivity contribution in [2.45, 2.75) is 32.3 Å². The van der Waals surface area contributed by atoms with E-state index >= 15 is 0 Å². The molecule has 0 aliphatic heterocycles. The van der Waals surface area contributed by atoms with Crippen molar-refractivity contribution in [3.8, 4) is 5.75 Å². The average Bonchev–Trinajstić information content (AvgIpc) is 2.61. The van der Waals surface area contributed by atoms with Crippen LogP contribution in [0.25, 0.3) is 0 Å². The second kappa shape index (κ2) is 7.69. The maximum Gasteiger partial charge on any atom is 0.152 e. The molecule has 0 radical (unpaired) electrons. The molecule has 0 aliphatic rings. The molecule has 0 amide bonds. The molecule has 134 valence electrons. The van der Waals surface area contributed by atoms with E-state index in [9.17, 15) is 0 Å². The van der Waals surface area contributed by atoms with Crippen molar-refractivity contribution >= 4 is 23.2 Å². The summed E-state index contributed by atoms with van der Waals surface area (Å²) in [5.74, 6) is 0.776. The van der Waals surface area contributed by atoms with Crippen molar-refractivity contribution in [3.63, 3.8) is 0 Å². The van der Waals surface area contributed by atoms with E-state index in [0.29, 0.717) is 10.0 Å². The van der Waals surface area contributed by atoms with E-state index in [2.05, 4.69) is 37.9 Å². The van der Waals surface area contributed by atoms with E-state index in [4.69, 9.17) is 27.9 Å². The van der Waals surface area contributed by atoms with Crippen LogP contribution in [-0.4, -0.2) is 4.98 Å². The van der Waals surface area contributed by atoms with Gasteiger partial charge in [-0.25, -0.2) is 0 Å². The molecule has 3 rings (SSSR count). The normalized spacial score (nSPS) is 12.7. The molecule has 2 nitrogen and oxygen atoms in total. The summed E-state index contributed by atoms with van der Waals surface area (Å²) >= 11 is 12.5. The van der Waals surface area contributed by atoms with Crippen LogP contribution in [0.3, 0.4) is 0 Å². The summed E-state index contributed by atoms with van der Waals surface area (Å²) in [4.78, 5) is 4.22. The number of ether oxygens (including phenoxy) is 1. The minimum absolute atomic E-state index is 0.0980. The van der Waals surface area contributed by atoms with E-state index < -0.39 is 0 Å². The molecule has 1 heterocycles. The second-order valence-electron chi connectivity index (χ2n) is 7.22. The Kier molecular flexibility index (Phi) is 5.55. The first-order chi connectivity index (χ1) is 12.3. The monoisotopic (exact) mass is 385 g/mol. The zero-order chi connectivity index (χ0) is 18.7. The summed E-state index contributed by atoms with van der Waals surface area (Å²) in [5, 5.41) is 1.16. The number of aromatic nitrogens is 1. The number of benzene rings is 2. The second-order valence-corrected chi connectivity index (χ2v) is 8.07. The summed E-state index contributed by atoms with van der Waals surface area (Å²) in [5.41, 5.74) is 3.13. The fourth-order valence-corrected chi connectivity index (χ4v) is 3.23. The summed E-state index contributed by atoms with van der Waals surface area (Å²) in [7, 11) is 0. The van der Waals surface area contributed by atoms with Crippen molar-refractivity contribution in [2.75, 3.05) is 0 Å². The largest absolute Gasteiger partial charge is 0.481 e. The van der Waals surface area contributed by atoms with E-state index in [-0.39, 0.29) is 11.5 Å². The van der Waals surface area contributed by atoms with Crippen LogP contribution in [0, 0.1) is 0 Å². The van der Waals surface area contributed by atoms with Crippen LogP contribution in [0.15, 0.2) is 67.0 Å². The van der Waals surface area contributed by atoms with Gasteiger partial charge in [0.05, 0.1) is 0 Å². The highest BCUT2D eigenvalue weighted by Gasteiger charge is 2.20. The highest BCUT2D eigenvalue weighted by molar-refractivity contribution is 6.35. The lowest BCUT2D eigenvalue weighted by Crippen LogP contribution is -2.12.